The third kappa shape index (κ3) is 4.32. The van der Waals surface area contributed by atoms with Crippen LogP contribution in [0.2, 0.25) is 0 Å². The number of carbonyl (C=O) groups excluding carboxylic acids is 2. The zero-order valence-corrected chi connectivity index (χ0v) is 13.6. The van der Waals surface area contributed by atoms with E-state index in [0.717, 1.165) is 4.90 Å². The number of para-hydroxylation sites is 1. The van der Waals surface area contributed by atoms with Gasteiger partial charge in [-0.05, 0) is 31.2 Å². The van der Waals surface area contributed by atoms with Gasteiger partial charge < -0.3 is 11.1 Å². The van der Waals surface area contributed by atoms with Gasteiger partial charge in [0.1, 0.15) is 0 Å². The van der Waals surface area contributed by atoms with Crippen LogP contribution in [-0.4, -0.2) is 22.0 Å². The summed E-state index contributed by atoms with van der Waals surface area (Å²) in [4.78, 5) is 34.5. The van der Waals surface area contributed by atoms with Crippen LogP contribution in [-0.2, 0) is 4.79 Å². The molecule has 0 saturated carbocycles. The molecule has 0 aliphatic carbocycles. The lowest BCUT2D eigenvalue weighted by atomic mass is 10.1. The number of non-ortho nitro benzene ring substituents is 1. The van der Waals surface area contributed by atoms with Crippen LogP contribution in [0.5, 0.6) is 0 Å². The zero-order chi connectivity index (χ0) is 17.7. The van der Waals surface area contributed by atoms with Crippen molar-refractivity contribution in [2.24, 2.45) is 5.73 Å². The van der Waals surface area contributed by atoms with Gasteiger partial charge in [-0.25, -0.2) is 0 Å². The molecule has 0 aliphatic rings. The van der Waals surface area contributed by atoms with Crippen molar-refractivity contribution in [3.8, 4) is 0 Å². The second-order valence-corrected chi connectivity index (χ2v) is 6.32. The summed E-state index contributed by atoms with van der Waals surface area (Å²) in [6.07, 6.45) is 0. The third-order valence-corrected chi connectivity index (χ3v) is 4.29. The molecule has 2 amide bonds. The molecule has 0 bridgehead atoms. The highest BCUT2D eigenvalue weighted by molar-refractivity contribution is 8.00. The van der Waals surface area contributed by atoms with E-state index in [-0.39, 0.29) is 17.2 Å². The number of primary amides is 1. The Hall–Kier alpha value is -2.87. The van der Waals surface area contributed by atoms with Gasteiger partial charge in [-0.2, -0.15) is 0 Å². The van der Waals surface area contributed by atoms with Crippen molar-refractivity contribution in [2.45, 2.75) is 17.1 Å². The van der Waals surface area contributed by atoms with Crippen molar-refractivity contribution in [3.63, 3.8) is 0 Å². The van der Waals surface area contributed by atoms with Gasteiger partial charge in [-0.1, -0.05) is 12.1 Å². The number of nitrogens with two attached hydrogens (primary N) is 1. The molecule has 1 unspecified atom stereocenters. The summed E-state index contributed by atoms with van der Waals surface area (Å²) in [5, 5.41) is 12.8. The lowest BCUT2D eigenvalue weighted by molar-refractivity contribution is -0.384. The quantitative estimate of drug-likeness (QED) is 0.474. The van der Waals surface area contributed by atoms with E-state index >= 15 is 0 Å². The maximum absolute atomic E-state index is 12.3. The molecule has 124 valence electrons. The van der Waals surface area contributed by atoms with E-state index in [1.807, 2.05) is 0 Å². The fraction of sp³-hybridized carbons (Fsp3) is 0.125. The Labute approximate surface area is 142 Å². The van der Waals surface area contributed by atoms with Crippen LogP contribution in [0, 0.1) is 10.1 Å². The highest BCUT2D eigenvalue weighted by Gasteiger charge is 2.17. The van der Waals surface area contributed by atoms with Gasteiger partial charge in [0.15, 0.2) is 0 Å². The van der Waals surface area contributed by atoms with Gasteiger partial charge in [0.2, 0.25) is 5.91 Å². The lowest BCUT2D eigenvalue weighted by Crippen LogP contribution is -2.24. The van der Waals surface area contributed by atoms with Crippen molar-refractivity contribution >= 4 is 35.0 Å². The van der Waals surface area contributed by atoms with Crippen molar-refractivity contribution in [2.75, 3.05) is 5.32 Å². The van der Waals surface area contributed by atoms with E-state index in [9.17, 15) is 19.7 Å². The summed E-state index contributed by atoms with van der Waals surface area (Å²) in [5.74, 6) is -0.923. The van der Waals surface area contributed by atoms with E-state index < -0.39 is 16.1 Å². The van der Waals surface area contributed by atoms with Gasteiger partial charge in [-0.15, -0.1) is 11.8 Å². The van der Waals surface area contributed by atoms with Crippen LogP contribution in [0.3, 0.4) is 0 Å². The Bertz CT molecular complexity index is 777. The van der Waals surface area contributed by atoms with E-state index in [0.29, 0.717) is 5.69 Å². The van der Waals surface area contributed by atoms with Crippen LogP contribution in [0.25, 0.3) is 0 Å². The molecular formula is C16H15N3O4S. The smallest absolute Gasteiger partial charge is 0.269 e. The molecule has 0 aliphatic heterocycles. The summed E-state index contributed by atoms with van der Waals surface area (Å²) in [7, 11) is 0. The lowest BCUT2D eigenvalue weighted by Gasteiger charge is -2.13. The number of anilines is 1. The number of amides is 2. The molecule has 0 fully saturated rings. The Morgan fingerprint density at radius 1 is 1.17 bits per heavy atom. The average molecular weight is 345 g/mol. The van der Waals surface area contributed by atoms with E-state index in [1.54, 1.807) is 37.3 Å². The average Bonchev–Trinajstić information content (AvgIpc) is 2.55. The molecule has 1 atom stereocenters. The topological polar surface area (TPSA) is 115 Å². The number of nitro benzene ring substituents is 1. The van der Waals surface area contributed by atoms with Crippen LogP contribution in [0.1, 0.15) is 17.3 Å². The Kier molecular flexibility index (Phi) is 5.54. The minimum Gasteiger partial charge on any atom is -0.366 e. The second-order valence-electron chi connectivity index (χ2n) is 4.91. The third-order valence-electron chi connectivity index (χ3n) is 3.18. The standard InChI is InChI=1S/C16H15N3O4S/c1-10(24-12-8-6-11(7-9-12)19(22)23)16(21)18-14-5-3-2-4-13(14)15(17)20/h2-10H,1H3,(H2,17,20)(H,18,21). The number of hydrogen-bond donors (Lipinski definition) is 2. The molecule has 0 aromatic heterocycles. The first-order valence-electron chi connectivity index (χ1n) is 6.99. The molecule has 24 heavy (non-hydrogen) atoms. The van der Waals surface area contributed by atoms with Gasteiger partial charge >= 0.3 is 0 Å². The summed E-state index contributed by atoms with van der Waals surface area (Å²) in [5.41, 5.74) is 5.86. The van der Waals surface area contributed by atoms with Crippen molar-refractivity contribution in [3.05, 3.63) is 64.2 Å². The fourth-order valence-corrected chi connectivity index (χ4v) is 2.81. The van der Waals surface area contributed by atoms with Crippen molar-refractivity contribution in [1.82, 2.24) is 0 Å². The van der Waals surface area contributed by atoms with Gasteiger partial charge in [-0.3, -0.25) is 19.7 Å². The summed E-state index contributed by atoms with van der Waals surface area (Å²) in [6, 6.07) is 12.4. The van der Waals surface area contributed by atoms with Crippen molar-refractivity contribution in [1.29, 1.82) is 0 Å². The first-order valence-corrected chi connectivity index (χ1v) is 7.87. The molecule has 8 heteroatoms. The van der Waals surface area contributed by atoms with E-state index in [1.165, 1.54) is 30.0 Å². The van der Waals surface area contributed by atoms with Crippen LogP contribution in [0.15, 0.2) is 53.4 Å². The number of thioether (sulfide) groups is 1. The predicted molar refractivity (Wildman–Crippen MR) is 92.0 cm³/mol. The van der Waals surface area contributed by atoms with E-state index in [2.05, 4.69) is 5.32 Å². The van der Waals surface area contributed by atoms with Crippen LogP contribution < -0.4 is 11.1 Å². The number of nitrogens with one attached hydrogen (secondary N) is 1. The first kappa shape index (κ1) is 17.5. The number of benzene rings is 2. The Morgan fingerprint density at radius 2 is 1.79 bits per heavy atom. The van der Waals surface area contributed by atoms with Crippen molar-refractivity contribution < 1.29 is 14.5 Å². The molecule has 0 radical (unpaired) electrons. The summed E-state index contributed by atoms with van der Waals surface area (Å²) in [6.45, 7) is 1.70. The Balaban J connectivity index is 2.05. The van der Waals surface area contributed by atoms with Crippen LogP contribution >= 0.6 is 11.8 Å². The monoisotopic (exact) mass is 345 g/mol. The van der Waals surface area contributed by atoms with Gasteiger partial charge in [0.25, 0.3) is 11.6 Å². The zero-order valence-electron chi connectivity index (χ0n) is 12.8. The molecular weight excluding hydrogens is 330 g/mol. The number of nitrogens with zero attached hydrogens (tertiary/aromatic N) is 1. The minimum absolute atomic E-state index is 0.00756. The molecule has 2 aromatic rings. The van der Waals surface area contributed by atoms with Gasteiger partial charge in [0, 0.05) is 17.0 Å². The Morgan fingerprint density at radius 3 is 2.38 bits per heavy atom. The predicted octanol–water partition coefficient (Wildman–Crippen LogP) is 2.81. The normalized spacial score (nSPS) is 11.5. The summed E-state index contributed by atoms with van der Waals surface area (Å²) >= 11 is 1.25. The number of nitro groups is 1. The van der Waals surface area contributed by atoms with Crippen LogP contribution in [0.4, 0.5) is 11.4 Å². The first-order chi connectivity index (χ1) is 11.4. The van der Waals surface area contributed by atoms with Gasteiger partial charge in [0.05, 0.1) is 21.4 Å². The SMILES string of the molecule is CC(Sc1ccc([N+](=O)[O-])cc1)C(=O)Nc1ccccc1C(N)=O. The maximum Gasteiger partial charge on any atom is 0.269 e. The molecule has 2 aromatic carbocycles. The summed E-state index contributed by atoms with van der Waals surface area (Å²) < 4.78 is 0. The molecule has 7 nitrogen and oxygen atoms in total. The highest BCUT2D eigenvalue weighted by atomic mass is 32.2. The molecule has 0 spiro atoms. The second kappa shape index (κ2) is 7.60. The molecule has 0 saturated heterocycles. The highest BCUT2D eigenvalue weighted by Crippen LogP contribution is 2.26. The number of rotatable bonds is 6. The molecule has 3 N–H and O–H groups in total. The number of hydrogen-bond acceptors (Lipinski definition) is 5. The van der Waals surface area contributed by atoms with E-state index in [4.69, 9.17) is 5.73 Å². The maximum atomic E-state index is 12.3. The fourth-order valence-electron chi connectivity index (χ4n) is 1.95. The largest absolute Gasteiger partial charge is 0.366 e. The molecule has 2 rings (SSSR count). The minimum atomic E-state index is -0.624. The molecule has 0 heterocycles. The number of carbonyl (C=O) groups is 2.